The maximum atomic E-state index is 6.05. The van der Waals surface area contributed by atoms with Crippen molar-refractivity contribution in [1.82, 2.24) is 0 Å². The number of halogens is 1. The van der Waals surface area contributed by atoms with E-state index in [2.05, 4.69) is 0 Å². The quantitative estimate of drug-likeness (QED) is 0.845. The molecule has 0 aliphatic carbocycles. The third-order valence-electron chi connectivity index (χ3n) is 3.17. The molecule has 2 N–H and O–H groups in total. The zero-order valence-corrected chi connectivity index (χ0v) is 10.8. The zero-order chi connectivity index (χ0) is 12.3. The Morgan fingerprint density at radius 3 is 2.82 bits per heavy atom. The molecule has 0 saturated carbocycles. The molecule has 1 fully saturated rings. The number of benzene rings is 1. The van der Waals surface area contributed by atoms with Crippen molar-refractivity contribution in [3.8, 4) is 5.75 Å². The van der Waals surface area contributed by atoms with Crippen LogP contribution >= 0.6 is 11.6 Å². The van der Waals surface area contributed by atoms with Crippen LogP contribution in [0.4, 0.5) is 5.69 Å². The van der Waals surface area contributed by atoms with Gasteiger partial charge in [0.15, 0.2) is 0 Å². The smallest absolute Gasteiger partial charge is 0.146 e. The summed E-state index contributed by atoms with van der Waals surface area (Å²) in [5.41, 5.74) is 7.46. The Balaban J connectivity index is 2.00. The molecule has 1 aliphatic heterocycles. The molecule has 0 spiro atoms. The second-order valence-electron chi connectivity index (χ2n) is 4.46. The van der Waals surface area contributed by atoms with Gasteiger partial charge < -0.3 is 15.2 Å². The minimum absolute atomic E-state index is 0.557. The van der Waals surface area contributed by atoms with E-state index in [1.807, 2.05) is 6.92 Å². The van der Waals surface area contributed by atoms with E-state index in [4.69, 9.17) is 26.8 Å². The van der Waals surface area contributed by atoms with E-state index in [-0.39, 0.29) is 0 Å². The Morgan fingerprint density at radius 1 is 1.41 bits per heavy atom. The molecule has 0 bridgehead atoms. The maximum absolute atomic E-state index is 6.05. The van der Waals surface area contributed by atoms with Gasteiger partial charge in [-0.2, -0.15) is 0 Å². The maximum Gasteiger partial charge on any atom is 0.146 e. The van der Waals surface area contributed by atoms with Gasteiger partial charge in [-0.05, 0) is 37.8 Å². The van der Waals surface area contributed by atoms with Crippen molar-refractivity contribution in [2.24, 2.45) is 5.92 Å². The molecule has 94 valence electrons. The monoisotopic (exact) mass is 255 g/mol. The third-order valence-corrected chi connectivity index (χ3v) is 3.58. The predicted molar refractivity (Wildman–Crippen MR) is 69.6 cm³/mol. The van der Waals surface area contributed by atoms with Gasteiger partial charge in [-0.1, -0.05) is 11.6 Å². The topological polar surface area (TPSA) is 44.5 Å². The highest BCUT2D eigenvalue weighted by molar-refractivity contribution is 6.31. The standard InChI is InChI=1S/C13H18ClNO2/c1-9-11(14)2-3-12(15)13(9)17-8-10-4-6-16-7-5-10/h2-3,10H,4-8,15H2,1H3. The van der Waals surface area contributed by atoms with E-state index in [1.165, 1.54) is 0 Å². The van der Waals surface area contributed by atoms with Crippen LogP contribution in [0.1, 0.15) is 18.4 Å². The van der Waals surface area contributed by atoms with Crippen molar-refractivity contribution >= 4 is 17.3 Å². The van der Waals surface area contributed by atoms with E-state index >= 15 is 0 Å². The average molecular weight is 256 g/mol. The summed E-state index contributed by atoms with van der Waals surface area (Å²) < 4.78 is 11.1. The predicted octanol–water partition coefficient (Wildman–Crippen LogP) is 3.04. The van der Waals surface area contributed by atoms with Crippen LogP contribution in [0.5, 0.6) is 5.75 Å². The minimum atomic E-state index is 0.557. The van der Waals surface area contributed by atoms with Crippen LogP contribution in [0.25, 0.3) is 0 Å². The molecule has 1 heterocycles. The molecule has 17 heavy (non-hydrogen) atoms. The summed E-state index contributed by atoms with van der Waals surface area (Å²) in [6.07, 6.45) is 2.11. The first-order chi connectivity index (χ1) is 8.18. The van der Waals surface area contributed by atoms with Gasteiger partial charge in [-0.25, -0.2) is 0 Å². The van der Waals surface area contributed by atoms with Crippen molar-refractivity contribution in [3.05, 3.63) is 22.7 Å². The fourth-order valence-corrected chi connectivity index (χ4v) is 2.14. The average Bonchev–Trinajstić information content (AvgIpc) is 2.35. The van der Waals surface area contributed by atoms with E-state index in [1.54, 1.807) is 12.1 Å². The molecular weight excluding hydrogens is 238 g/mol. The highest BCUT2D eigenvalue weighted by atomic mass is 35.5. The van der Waals surface area contributed by atoms with E-state index in [0.717, 1.165) is 37.4 Å². The lowest BCUT2D eigenvalue weighted by atomic mass is 10.0. The Labute approximate surface area is 107 Å². The van der Waals surface area contributed by atoms with E-state index < -0.39 is 0 Å². The van der Waals surface area contributed by atoms with E-state index in [9.17, 15) is 0 Å². The molecule has 3 nitrogen and oxygen atoms in total. The minimum Gasteiger partial charge on any atom is -0.491 e. The van der Waals surface area contributed by atoms with Crippen molar-refractivity contribution < 1.29 is 9.47 Å². The van der Waals surface area contributed by atoms with E-state index in [0.29, 0.717) is 23.2 Å². The molecule has 1 aromatic rings. The fraction of sp³-hybridized carbons (Fsp3) is 0.538. The van der Waals surface area contributed by atoms with Crippen molar-refractivity contribution in [2.75, 3.05) is 25.6 Å². The Morgan fingerprint density at radius 2 is 2.12 bits per heavy atom. The normalized spacial score (nSPS) is 17.1. The van der Waals surface area contributed by atoms with Crippen molar-refractivity contribution in [1.29, 1.82) is 0 Å². The molecule has 4 heteroatoms. The third kappa shape index (κ3) is 3.05. The summed E-state index contributed by atoms with van der Waals surface area (Å²) in [5.74, 6) is 1.28. The molecule has 0 radical (unpaired) electrons. The number of anilines is 1. The van der Waals surface area contributed by atoms with Crippen LogP contribution in [-0.4, -0.2) is 19.8 Å². The van der Waals surface area contributed by atoms with Crippen molar-refractivity contribution in [2.45, 2.75) is 19.8 Å². The van der Waals surface area contributed by atoms with Gasteiger partial charge in [-0.15, -0.1) is 0 Å². The van der Waals surface area contributed by atoms with Gasteiger partial charge in [-0.3, -0.25) is 0 Å². The largest absolute Gasteiger partial charge is 0.491 e. The van der Waals surface area contributed by atoms with Gasteiger partial charge in [0.25, 0.3) is 0 Å². The summed E-state index contributed by atoms with van der Waals surface area (Å²) in [5, 5.41) is 0.696. The summed E-state index contributed by atoms with van der Waals surface area (Å²) >= 11 is 6.05. The van der Waals surface area contributed by atoms with Crippen LogP contribution in [0, 0.1) is 12.8 Å². The number of nitrogens with two attached hydrogens (primary N) is 1. The van der Waals surface area contributed by atoms with Crippen LogP contribution < -0.4 is 10.5 Å². The van der Waals surface area contributed by atoms with Crippen LogP contribution in [0.3, 0.4) is 0 Å². The van der Waals surface area contributed by atoms with Gasteiger partial charge in [0.1, 0.15) is 5.75 Å². The Bertz CT molecular complexity index is 389. The lowest BCUT2D eigenvalue weighted by molar-refractivity contribution is 0.0498. The lowest BCUT2D eigenvalue weighted by Crippen LogP contribution is -2.21. The first-order valence-electron chi connectivity index (χ1n) is 5.93. The van der Waals surface area contributed by atoms with Gasteiger partial charge >= 0.3 is 0 Å². The molecule has 0 aromatic heterocycles. The highest BCUT2D eigenvalue weighted by Gasteiger charge is 2.16. The van der Waals surface area contributed by atoms with Crippen LogP contribution in [0.2, 0.25) is 5.02 Å². The Kier molecular flexibility index (Phi) is 4.13. The molecule has 0 atom stereocenters. The van der Waals surface area contributed by atoms with Gasteiger partial charge in [0, 0.05) is 23.8 Å². The molecule has 1 saturated heterocycles. The summed E-state index contributed by atoms with van der Waals surface area (Å²) in [4.78, 5) is 0. The molecule has 0 unspecified atom stereocenters. The second-order valence-corrected chi connectivity index (χ2v) is 4.86. The van der Waals surface area contributed by atoms with Crippen LogP contribution in [-0.2, 0) is 4.74 Å². The molecule has 2 rings (SSSR count). The Hall–Kier alpha value is -0.930. The fourth-order valence-electron chi connectivity index (χ4n) is 1.99. The van der Waals surface area contributed by atoms with Gasteiger partial charge in [0.05, 0.1) is 12.3 Å². The summed E-state index contributed by atoms with van der Waals surface area (Å²) in [6, 6.07) is 3.59. The van der Waals surface area contributed by atoms with Crippen LogP contribution in [0.15, 0.2) is 12.1 Å². The summed E-state index contributed by atoms with van der Waals surface area (Å²) in [7, 11) is 0. The number of hydrogen-bond acceptors (Lipinski definition) is 3. The highest BCUT2D eigenvalue weighted by Crippen LogP contribution is 2.32. The second kappa shape index (κ2) is 5.61. The molecule has 1 aromatic carbocycles. The zero-order valence-electron chi connectivity index (χ0n) is 10.0. The summed E-state index contributed by atoms with van der Waals surface area (Å²) in [6.45, 7) is 4.28. The first-order valence-corrected chi connectivity index (χ1v) is 6.31. The SMILES string of the molecule is Cc1c(Cl)ccc(N)c1OCC1CCOCC1. The van der Waals surface area contributed by atoms with Gasteiger partial charge in [0.2, 0.25) is 0 Å². The van der Waals surface area contributed by atoms with Crippen molar-refractivity contribution in [3.63, 3.8) is 0 Å². The molecular formula is C13H18ClNO2. The number of rotatable bonds is 3. The lowest BCUT2D eigenvalue weighted by Gasteiger charge is -2.23. The molecule has 0 amide bonds. The number of ether oxygens (including phenoxy) is 2. The first kappa shape index (κ1) is 12.5. The molecule has 1 aliphatic rings. The number of hydrogen-bond donors (Lipinski definition) is 1. The number of nitrogen functional groups attached to an aromatic ring is 1.